The Labute approximate surface area is 158 Å². The summed E-state index contributed by atoms with van der Waals surface area (Å²) in [5, 5.41) is 16.6. The van der Waals surface area contributed by atoms with E-state index < -0.39 is 0 Å². The van der Waals surface area contributed by atoms with Gasteiger partial charge in [0.15, 0.2) is 0 Å². The standard InChI is InChI=1S/C19H23ClN6/c1-19(2)15(22)9-16(19)25-17-13(10-21)11-24-18(26-17)23-7-6-12-4-3-5-14(20)8-12/h3-5,8,11,15-16H,6-7,9,22H2,1-2H3,(H2,23,24,25,26)/t15-,16?/m0/s1. The molecule has 1 aromatic carbocycles. The van der Waals surface area contributed by atoms with E-state index in [4.69, 9.17) is 17.3 Å². The van der Waals surface area contributed by atoms with E-state index >= 15 is 0 Å². The first-order chi connectivity index (χ1) is 12.4. The number of nitriles is 1. The Hall–Kier alpha value is -2.36. The van der Waals surface area contributed by atoms with Crippen molar-refractivity contribution in [3.05, 3.63) is 46.6 Å². The second-order valence-electron chi connectivity index (χ2n) is 7.23. The van der Waals surface area contributed by atoms with Crippen molar-refractivity contribution >= 4 is 23.4 Å². The summed E-state index contributed by atoms with van der Waals surface area (Å²) in [6.07, 6.45) is 3.21. The third-order valence-electron chi connectivity index (χ3n) is 5.15. The van der Waals surface area contributed by atoms with Crippen molar-refractivity contribution in [3.8, 4) is 6.07 Å². The van der Waals surface area contributed by atoms with Crippen LogP contribution < -0.4 is 16.4 Å². The molecule has 0 radical (unpaired) electrons. The Morgan fingerprint density at radius 2 is 2.23 bits per heavy atom. The van der Waals surface area contributed by atoms with Crippen molar-refractivity contribution in [2.75, 3.05) is 17.2 Å². The number of hydrogen-bond acceptors (Lipinski definition) is 6. The van der Waals surface area contributed by atoms with E-state index in [0.717, 1.165) is 23.4 Å². The Bertz CT molecular complexity index is 829. The first-order valence-electron chi connectivity index (χ1n) is 8.67. The van der Waals surface area contributed by atoms with Gasteiger partial charge >= 0.3 is 0 Å². The largest absolute Gasteiger partial charge is 0.365 e. The van der Waals surface area contributed by atoms with Gasteiger partial charge in [-0.15, -0.1) is 0 Å². The quantitative estimate of drug-likeness (QED) is 0.722. The molecule has 0 aliphatic heterocycles. The van der Waals surface area contributed by atoms with E-state index in [1.165, 1.54) is 0 Å². The molecule has 1 heterocycles. The number of nitrogens with zero attached hydrogens (tertiary/aromatic N) is 3. The molecule has 26 heavy (non-hydrogen) atoms. The normalized spacial score (nSPS) is 20.7. The van der Waals surface area contributed by atoms with Crippen LogP contribution in [0.1, 0.15) is 31.4 Å². The minimum absolute atomic E-state index is 0.0299. The van der Waals surface area contributed by atoms with E-state index in [2.05, 4.69) is 40.5 Å². The lowest BCUT2D eigenvalue weighted by Crippen LogP contribution is -2.61. The minimum atomic E-state index is -0.0299. The van der Waals surface area contributed by atoms with Gasteiger partial charge in [0, 0.05) is 29.1 Å². The Kier molecular flexibility index (Phi) is 5.30. The predicted octanol–water partition coefficient (Wildman–Crippen LogP) is 3.19. The topological polar surface area (TPSA) is 99.6 Å². The van der Waals surface area contributed by atoms with Gasteiger partial charge in [-0.2, -0.15) is 10.2 Å². The zero-order valence-corrected chi connectivity index (χ0v) is 15.7. The number of benzene rings is 1. The molecule has 7 heteroatoms. The van der Waals surface area contributed by atoms with Crippen LogP contribution >= 0.6 is 11.6 Å². The minimum Gasteiger partial charge on any atom is -0.365 e. The summed E-state index contributed by atoms with van der Waals surface area (Å²) in [4.78, 5) is 8.71. The van der Waals surface area contributed by atoms with Gasteiger partial charge in [-0.25, -0.2) is 4.98 Å². The van der Waals surface area contributed by atoms with E-state index in [1.807, 2.05) is 24.3 Å². The molecule has 2 atom stereocenters. The third kappa shape index (κ3) is 3.90. The molecule has 1 unspecified atom stereocenters. The number of rotatable bonds is 6. The number of hydrogen-bond donors (Lipinski definition) is 3. The Morgan fingerprint density at radius 3 is 2.88 bits per heavy atom. The Morgan fingerprint density at radius 1 is 1.42 bits per heavy atom. The first-order valence-corrected chi connectivity index (χ1v) is 9.05. The van der Waals surface area contributed by atoms with Crippen molar-refractivity contribution in [2.45, 2.75) is 38.8 Å². The van der Waals surface area contributed by atoms with Crippen LogP contribution in [0.2, 0.25) is 5.02 Å². The van der Waals surface area contributed by atoms with Crippen molar-refractivity contribution in [1.82, 2.24) is 9.97 Å². The summed E-state index contributed by atoms with van der Waals surface area (Å²) in [6.45, 7) is 4.91. The molecule has 0 amide bonds. The number of halogens is 1. The predicted molar refractivity (Wildman–Crippen MR) is 104 cm³/mol. The highest BCUT2D eigenvalue weighted by Crippen LogP contribution is 2.41. The van der Waals surface area contributed by atoms with E-state index in [0.29, 0.717) is 23.9 Å². The smallest absolute Gasteiger partial charge is 0.224 e. The van der Waals surface area contributed by atoms with Gasteiger partial charge in [0.2, 0.25) is 5.95 Å². The summed E-state index contributed by atoms with van der Waals surface area (Å²) in [5.74, 6) is 1.05. The van der Waals surface area contributed by atoms with Gasteiger partial charge in [0.25, 0.3) is 0 Å². The van der Waals surface area contributed by atoms with Crippen LogP contribution in [0.15, 0.2) is 30.5 Å². The van der Waals surface area contributed by atoms with Crippen LogP contribution in [0.3, 0.4) is 0 Å². The number of nitrogens with two attached hydrogens (primary N) is 1. The van der Waals surface area contributed by atoms with Crippen LogP contribution in [0.4, 0.5) is 11.8 Å². The monoisotopic (exact) mass is 370 g/mol. The summed E-state index contributed by atoms with van der Waals surface area (Å²) < 4.78 is 0. The molecule has 0 saturated heterocycles. The lowest BCUT2D eigenvalue weighted by Gasteiger charge is -2.50. The van der Waals surface area contributed by atoms with Crippen molar-refractivity contribution < 1.29 is 0 Å². The molecule has 136 valence electrons. The number of anilines is 2. The van der Waals surface area contributed by atoms with Gasteiger partial charge in [0.05, 0.1) is 6.20 Å². The second-order valence-corrected chi connectivity index (χ2v) is 7.67. The molecule has 0 bridgehead atoms. The third-order valence-corrected chi connectivity index (χ3v) is 5.38. The van der Waals surface area contributed by atoms with Crippen LogP contribution in [0.5, 0.6) is 0 Å². The molecule has 1 aromatic heterocycles. The average Bonchev–Trinajstić information content (AvgIpc) is 2.62. The molecular weight excluding hydrogens is 348 g/mol. The maximum atomic E-state index is 9.32. The lowest BCUT2D eigenvalue weighted by molar-refractivity contribution is 0.117. The van der Waals surface area contributed by atoms with Crippen molar-refractivity contribution in [2.24, 2.45) is 11.1 Å². The number of nitrogens with one attached hydrogen (secondary N) is 2. The van der Waals surface area contributed by atoms with Gasteiger partial charge in [0.1, 0.15) is 17.5 Å². The zero-order chi connectivity index (χ0) is 18.7. The molecule has 2 aromatic rings. The highest BCUT2D eigenvalue weighted by atomic mass is 35.5. The summed E-state index contributed by atoms with van der Waals surface area (Å²) in [5.41, 5.74) is 7.62. The van der Waals surface area contributed by atoms with Gasteiger partial charge in [-0.05, 0) is 30.5 Å². The van der Waals surface area contributed by atoms with E-state index in [-0.39, 0.29) is 17.5 Å². The van der Waals surface area contributed by atoms with Gasteiger partial charge in [-0.3, -0.25) is 0 Å². The lowest BCUT2D eigenvalue weighted by atomic mass is 9.63. The Balaban J connectivity index is 1.65. The molecular formula is C19H23ClN6. The molecule has 1 fully saturated rings. The molecule has 1 aliphatic rings. The van der Waals surface area contributed by atoms with Crippen LogP contribution in [0.25, 0.3) is 0 Å². The summed E-state index contributed by atoms with van der Waals surface area (Å²) >= 11 is 6.00. The molecule has 6 nitrogen and oxygen atoms in total. The molecule has 1 aliphatic carbocycles. The molecule has 3 rings (SSSR count). The fraction of sp³-hybridized carbons (Fsp3) is 0.421. The zero-order valence-electron chi connectivity index (χ0n) is 15.0. The fourth-order valence-electron chi connectivity index (χ4n) is 3.04. The first kappa shape index (κ1) is 18.4. The molecule has 4 N–H and O–H groups in total. The van der Waals surface area contributed by atoms with Crippen LogP contribution in [-0.2, 0) is 6.42 Å². The van der Waals surface area contributed by atoms with E-state index in [9.17, 15) is 5.26 Å². The second kappa shape index (κ2) is 7.48. The molecule has 1 saturated carbocycles. The van der Waals surface area contributed by atoms with Gasteiger partial charge < -0.3 is 16.4 Å². The van der Waals surface area contributed by atoms with Crippen LogP contribution in [-0.4, -0.2) is 28.6 Å². The summed E-state index contributed by atoms with van der Waals surface area (Å²) in [7, 11) is 0. The SMILES string of the molecule is CC1(C)C(Nc2nc(NCCc3cccc(Cl)c3)ncc2C#N)C[C@@H]1N. The highest BCUT2D eigenvalue weighted by Gasteiger charge is 2.46. The van der Waals surface area contributed by atoms with E-state index in [1.54, 1.807) is 6.20 Å². The van der Waals surface area contributed by atoms with Crippen LogP contribution in [0, 0.1) is 16.7 Å². The van der Waals surface area contributed by atoms with Gasteiger partial charge in [-0.1, -0.05) is 37.6 Å². The van der Waals surface area contributed by atoms with Crippen molar-refractivity contribution in [3.63, 3.8) is 0 Å². The number of aromatic nitrogens is 2. The molecule has 0 spiro atoms. The maximum absolute atomic E-state index is 9.32. The average molecular weight is 371 g/mol. The summed E-state index contributed by atoms with van der Waals surface area (Å²) in [6, 6.07) is 10.3. The van der Waals surface area contributed by atoms with Crippen molar-refractivity contribution in [1.29, 1.82) is 5.26 Å². The maximum Gasteiger partial charge on any atom is 0.224 e. The fourth-order valence-corrected chi connectivity index (χ4v) is 3.25. The highest BCUT2D eigenvalue weighted by molar-refractivity contribution is 6.30.